The zero-order valence-electron chi connectivity index (χ0n) is 13.6. The van der Waals surface area contributed by atoms with Crippen LogP contribution in [0.4, 0.5) is 11.5 Å². The van der Waals surface area contributed by atoms with Crippen LogP contribution in [0.1, 0.15) is 43.4 Å². The van der Waals surface area contributed by atoms with Gasteiger partial charge in [0.1, 0.15) is 5.82 Å². The molecule has 8 nitrogen and oxygen atoms in total. The van der Waals surface area contributed by atoms with E-state index in [1.54, 1.807) is 12.1 Å². The van der Waals surface area contributed by atoms with Gasteiger partial charge in [-0.15, -0.1) is 0 Å². The lowest BCUT2D eigenvalue weighted by Crippen LogP contribution is -2.35. The second-order valence-corrected chi connectivity index (χ2v) is 6.53. The molecule has 3 rings (SSSR count). The Hall–Kier alpha value is -2.81. The van der Waals surface area contributed by atoms with Gasteiger partial charge in [0.25, 0.3) is 11.2 Å². The van der Waals surface area contributed by atoms with Gasteiger partial charge >= 0.3 is 0 Å². The third kappa shape index (κ3) is 2.98. The fourth-order valence-corrected chi connectivity index (χ4v) is 3.44. The lowest BCUT2D eigenvalue weighted by molar-refractivity contribution is -0.384. The van der Waals surface area contributed by atoms with Crippen molar-refractivity contribution in [1.82, 2.24) is 9.55 Å². The zero-order valence-corrected chi connectivity index (χ0v) is 14.4. The number of rotatable bonds is 3. The molecule has 0 saturated heterocycles. The normalized spacial score (nSPS) is 16.4. The molecular formula is C16H16N4O4S. The highest BCUT2D eigenvalue weighted by molar-refractivity contribution is 7.71. The lowest BCUT2D eigenvalue weighted by atomic mass is 9.86. The van der Waals surface area contributed by atoms with E-state index in [-0.39, 0.29) is 34.4 Å². The number of non-ortho nitro benzene ring substituents is 1. The average molecular weight is 360 g/mol. The Bertz CT molecular complexity index is 975. The van der Waals surface area contributed by atoms with E-state index in [0.29, 0.717) is 16.9 Å². The first-order valence-electron chi connectivity index (χ1n) is 7.72. The van der Waals surface area contributed by atoms with E-state index in [9.17, 15) is 19.7 Å². The molecule has 2 aromatic rings. The predicted molar refractivity (Wildman–Crippen MR) is 94.5 cm³/mol. The number of anilines is 1. The van der Waals surface area contributed by atoms with Gasteiger partial charge < -0.3 is 10.3 Å². The first-order chi connectivity index (χ1) is 11.8. The number of carbonyl (C=O) groups is 1. The molecule has 0 aliphatic carbocycles. The van der Waals surface area contributed by atoms with E-state index in [2.05, 4.69) is 10.3 Å². The second-order valence-electron chi connectivity index (χ2n) is 6.14. The summed E-state index contributed by atoms with van der Waals surface area (Å²) in [6.45, 7) is 3.69. The van der Waals surface area contributed by atoms with Crippen molar-refractivity contribution < 1.29 is 9.72 Å². The third-order valence-electron chi connectivity index (χ3n) is 4.19. The molecule has 1 amide bonds. The number of hydrogen-bond acceptors (Lipinski definition) is 5. The number of H-pyrrole nitrogens is 1. The monoisotopic (exact) mass is 360 g/mol. The van der Waals surface area contributed by atoms with Crippen molar-refractivity contribution in [3.8, 4) is 0 Å². The number of hydrogen-bond donors (Lipinski definition) is 2. The van der Waals surface area contributed by atoms with Crippen molar-refractivity contribution in [1.29, 1.82) is 0 Å². The van der Waals surface area contributed by atoms with E-state index in [1.807, 2.05) is 13.8 Å². The van der Waals surface area contributed by atoms with Gasteiger partial charge in [0, 0.05) is 30.5 Å². The van der Waals surface area contributed by atoms with Crippen LogP contribution < -0.4 is 10.9 Å². The molecule has 0 bridgehead atoms. The number of nitrogens with zero attached hydrogens (tertiary/aromatic N) is 2. The number of amides is 1. The van der Waals surface area contributed by atoms with Crippen molar-refractivity contribution in [3.05, 3.63) is 60.6 Å². The van der Waals surface area contributed by atoms with Gasteiger partial charge in [-0.3, -0.25) is 24.3 Å². The van der Waals surface area contributed by atoms with E-state index in [0.717, 1.165) is 0 Å². The van der Waals surface area contributed by atoms with Crippen LogP contribution in [0.5, 0.6) is 0 Å². The smallest absolute Gasteiger partial charge is 0.269 e. The van der Waals surface area contributed by atoms with Crippen molar-refractivity contribution in [2.75, 3.05) is 5.32 Å². The van der Waals surface area contributed by atoms with Crippen LogP contribution in [0.3, 0.4) is 0 Å². The molecule has 1 aromatic heterocycles. The first-order valence-corrected chi connectivity index (χ1v) is 8.13. The Morgan fingerprint density at radius 1 is 1.28 bits per heavy atom. The number of nitro groups is 1. The molecular weight excluding hydrogens is 344 g/mol. The van der Waals surface area contributed by atoms with Gasteiger partial charge in [0.15, 0.2) is 4.77 Å². The van der Waals surface area contributed by atoms with Crippen LogP contribution in [-0.2, 0) is 4.79 Å². The molecule has 1 atom stereocenters. The second kappa shape index (κ2) is 6.25. The van der Waals surface area contributed by atoms with Crippen LogP contribution in [0.25, 0.3) is 0 Å². The summed E-state index contributed by atoms with van der Waals surface area (Å²) in [6.07, 6.45) is 0.0861. The fraction of sp³-hybridized carbons (Fsp3) is 0.312. The van der Waals surface area contributed by atoms with Crippen LogP contribution in [0.2, 0.25) is 0 Å². The number of fused-ring (bicyclic) bond motifs is 1. The van der Waals surface area contributed by atoms with Gasteiger partial charge in [0.2, 0.25) is 5.91 Å². The minimum atomic E-state index is -0.492. The van der Waals surface area contributed by atoms with E-state index >= 15 is 0 Å². The maximum atomic E-state index is 13.0. The van der Waals surface area contributed by atoms with Gasteiger partial charge in [0.05, 0.1) is 10.5 Å². The Kier molecular flexibility index (Phi) is 4.25. The molecule has 130 valence electrons. The largest absolute Gasteiger partial charge is 0.318 e. The number of aromatic nitrogens is 2. The minimum Gasteiger partial charge on any atom is -0.318 e. The SMILES string of the molecule is CC(C)n1c(=S)[nH]c2c(c1=O)C(c1ccc([N+](=O)[O-])cc1)CC(=O)N2. The molecule has 0 saturated carbocycles. The Labute approximate surface area is 147 Å². The van der Waals surface area contributed by atoms with Crippen LogP contribution in [0.15, 0.2) is 29.1 Å². The Balaban J connectivity index is 2.20. The summed E-state index contributed by atoms with van der Waals surface area (Å²) in [5.74, 6) is -0.441. The summed E-state index contributed by atoms with van der Waals surface area (Å²) in [6, 6.07) is 5.75. The van der Waals surface area contributed by atoms with Gasteiger partial charge in [-0.1, -0.05) is 12.1 Å². The molecule has 2 heterocycles. The summed E-state index contributed by atoms with van der Waals surface area (Å²) >= 11 is 5.22. The molecule has 1 unspecified atom stereocenters. The highest BCUT2D eigenvalue weighted by Gasteiger charge is 2.31. The standard InChI is InChI=1S/C16H16N4O4S/c1-8(2)19-15(22)13-11(7-12(21)17-14(13)18-16(19)25)9-3-5-10(6-4-9)20(23)24/h3-6,8,11H,7H2,1-2H3,(H,17,21)(H,18,25). The summed E-state index contributed by atoms with van der Waals surface area (Å²) in [5, 5.41) is 13.5. The molecule has 25 heavy (non-hydrogen) atoms. The van der Waals surface area contributed by atoms with Crippen LogP contribution in [0, 0.1) is 14.9 Å². The zero-order chi connectivity index (χ0) is 18.3. The molecule has 0 radical (unpaired) electrons. The highest BCUT2D eigenvalue weighted by Crippen LogP contribution is 2.34. The fourth-order valence-electron chi connectivity index (χ4n) is 3.05. The van der Waals surface area contributed by atoms with Gasteiger partial charge in [-0.2, -0.15) is 0 Å². The lowest BCUT2D eigenvalue weighted by Gasteiger charge is -2.26. The van der Waals surface area contributed by atoms with Crippen molar-refractivity contribution >= 4 is 29.6 Å². The summed E-state index contributed by atoms with van der Waals surface area (Å²) in [7, 11) is 0. The molecule has 2 N–H and O–H groups in total. The molecule has 1 aliphatic heterocycles. The quantitative estimate of drug-likeness (QED) is 0.497. The predicted octanol–water partition coefficient (Wildman–Crippen LogP) is 2.87. The maximum absolute atomic E-state index is 13.0. The first kappa shape index (κ1) is 17.0. The van der Waals surface area contributed by atoms with Gasteiger partial charge in [-0.05, 0) is 31.6 Å². The van der Waals surface area contributed by atoms with Crippen molar-refractivity contribution in [3.63, 3.8) is 0 Å². The molecule has 1 aromatic carbocycles. The summed E-state index contributed by atoms with van der Waals surface area (Å²) in [4.78, 5) is 38.2. The minimum absolute atomic E-state index is 0.0451. The van der Waals surface area contributed by atoms with Gasteiger partial charge in [-0.25, -0.2) is 0 Å². The van der Waals surface area contributed by atoms with Crippen LogP contribution >= 0.6 is 12.2 Å². The number of aromatic amines is 1. The van der Waals surface area contributed by atoms with Crippen LogP contribution in [-0.4, -0.2) is 20.4 Å². The molecule has 0 fully saturated rings. The average Bonchev–Trinajstić information content (AvgIpc) is 2.53. The highest BCUT2D eigenvalue weighted by atomic mass is 32.1. The third-order valence-corrected chi connectivity index (χ3v) is 4.49. The van der Waals surface area contributed by atoms with Crippen molar-refractivity contribution in [2.45, 2.75) is 32.2 Å². The summed E-state index contributed by atoms with van der Waals surface area (Å²) in [5.41, 5.74) is 0.767. The van der Waals surface area contributed by atoms with E-state index < -0.39 is 10.8 Å². The number of benzene rings is 1. The molecule has 1 aliphatic rings. The maximum Gasteiger partial charge on any atom is 0.269 e. The number of nitro benzene ring substituents is 1. The number of nitrogens with one attached hydrogen (secondary N) is 2. The molecule has 9 heteroatoms. The van der Waals surface area contributed by atoms with E-state index in [1.165, 1.54) is 16.7 Å². The topological polar surface area (TPSA) is 110 Å². The van der Waals surface area contributed by atoms with E-state index in [4.69, 9.17) is 12.2 Å². The molecule has 0 spiro atoms. The van der Waals surface area contributed by atoms with Crippen molar-refractivity contribution in [2.24, 2.45) is 0 Å². The number of carbonyl (C=O) groups excluding carboxylic acids is 1. The summed E-state index contributed by atoms with van der Waals surface area (Å²) < 4.78 is 1.70. The Morgan fingerprint density at radius 3 is 2.48 bits per heavy atom. The Morgan fingerprint density at radius 2 is 1.92 bits per heavy atom.